The van der Waals surface area contributed by atoms with Crippen LogP contribution in [0.5, 0.6) is 0 Å². The molecule has 0 unspecified atom stereocenters. The van der Waals surface area contributed by atoms with E-state index in [1.807, 2.05) is 7.05 Å². The second-order valence-electron chi connectivity index (χ2n) is 6.58. The van der Waals surface area contributed by atoms with E-state index in [1.165, 1.54) is 11.3 Å². The van der Waals surface area contributed by atoms with Crippen molar-refractivity contribution in [1.82, 2.24) is 15.5 Å². The Morgan fingerprint density at radius 1 is 1.04 bits per heavy atom. The lowest BCUT2D eigenvalue weighted by Crippen LogP contribution is -2.47. The summed E-state index contributed by atoms with van der Waals surface area (Å²) in [4.78, 5) is 16.6. The van der Waals surface area contributed by atoms with Crippen molar-refractivity contribution in [2.45, 2.75) is 26.2 Å². The first-order valence-electron chi connectivity index (χ1n) is 9.14. The number of halogens is 3. The molecule has 0 saturated carbocycles. The van der Waals surface area contributed by atoms with Gasteiger partial charge in [-0.2, -0.15) is 0 Å². The van der Waals surface area contributed by atoms with Crippen molar-refractivity contribution in [2.24, 2.45) is 0 Å². The van der Waals surface area contributed by atoms with Gasteiger partial charge < -0.3 is 15.5 Å². The molecule has 1 fully saturated rings. The van der Waals surface area contributed by atoms with E-state index >= 15 is 0 Å². The first kappa shape index (κ1) is 28.5. The van der Waals surface area contributed by atoms with Gasteiger partial charge in [0.05, 0.1) is 0 Å². The molecule has 1 aromatic rings. The summed E-state index contributed by atoms with van der Waals surface area (Å²) in [5.74, 6) is 0.175. The van der Waals surface area contributed by atoms with Gasteiger partial charge in [0.25, 0.3) is 0 Å². The highest BCUT2D eigenvalue weighted by molar-refractivity contribution is 5.86. The Labute approximate surface area is 182 Å². The third kappa shape index (κ3) is 11.0. The molecule has 1 aliphatic heterocycles. The Morgan fingerprint density at radius 2 is 1.74 bits per heavy atom. The molecule has 0 radical (unpaired) electrons. The number of rotatable bonds is 9. The van der Waals surface area contributed by atoms with Gasteiger partial charge in [0.15, 0.2) is 0 Å². The van der Waals surface area contributed by atoms with Crippen molar-refractivity contribution < 1.29 is 4.79 Å². The van der Waals surface area contributed by atoms with Crippen LogP contribution in [0, 0.1) is 6.92 Å². The van der Waals surface area contributed by atoms with E-state index in [1.54, 1.807) is 0 Å². The number of hydrogen-bond acceptors (Lipinski definition) is 4. The highest BCUT2D eigenvalue weighted by atomic mass is 35.5. The lowest BCUT2D eigenvalue weighted by Gasteiger charge is -2.36. The third-order valence-electron chi connectivity index (χ3n) is 4.54. The monoisotopic (exact) mass is 440 g/mol. The summed E-state index contributed by atoms with van der Waals surface area (Å²) >= 11 is 0. The topological polar surface area (TPSA) is 47.6 Å². The zero-order chi connectivity index (χ0) is 17.2. The molecule has 158 valence electrons. The summed E-state index contributed by atoms with van der Waals surface area (Å²) < 4.78 is 0. The zero-order valence-corrected chi connectivity index (χ0v) is 18.9. The molecule has 0 aliphatic carbocycles. The van der Waals surface area contributed by atoms with E-state index in [4.69, 9.17) is 0 Å². The smallest absolute Gasteiger partial charge is 0.220 e. The molecule has 1 aromatic carbocycles. The number of aryl methyl sites for hydroxylation is 1. The largest absolute Gasteiger partial charge is 0.369 e. The Bertz CT molecular complexity index is 511. The molecule has 2 rings (SSSR count). The van der Waals surface area contributed by atoms with Gasteiger partial charge in [-0.3, -0.25) is 9.69 Å². The van der Waals surface area contributed by atoms with Gasteiger partial charge in [0.2, 0.25) is 5.91 Å². The first-order valence-corrected chi connectivity index (χ1v) is 9.14. The third-order valence-corrected chi connectivity index (χ3v) is 4.54. The van der Waals surface area contributed by atoms with E-state index < -0.39 is 0 Å². The van der Waals surface area contributed by atoms with E-state index in [-0.39, 0.29) is 43.1 Å². The molecule has 1 heterocycles. The molecule has 2 N–H and O–H groups in total. The molecule has 0 atom stereocenters. The second-order valence-corrected chi connectivity index (χ2v) is 6.58. The lowest BCUT2D eigenvalue weighted by molar-refractivity contribution is -0.121. The minimum atomic E-state index is 0. The zero-order valence-electron chi connectivity index (χ0n) is 16.4. The van der Waals surface area contributed by atoms with Crippen molar-refractivity contribution in [3.63, 3.8) is 0 Å². The van der Waals surface area contributed by atoms with Crippen LogP contribution in [0.15, 0.2) is 24.3 Å². The maximum Gasteiger partial charge on any atom is 0.220 e. The van der Waals surface area contributed by atoms with Gasteiger partial charge >= 0.3 is 0 Å². The maximum absolute atomic E-state index is 11.6. The van der Waals surface area contributed by atoms with Crippen LogP contribution in [0.1, 0.15) is 24.8 Å². The minimum absolute atomic E-state index is 0. The molecule has 5 nitrogen and oxygen atoms in total. The fraction of sp³-hybridized carbons (Fsp3) is 0.632. The van der Waals surface area contributed by atoms with Crippen LogP contribution in [0.3, 0.4) is 0 Å². The number of nitrogens with one attached hydrogen (secondary N) is 2. The summed E-state index contributed by atoms with van der Waals surface area (Å²) in [5.41, 5.74) is 2.66. The van der Waals surface area contributed by atoms with Crippen molar-refractivity contribution in [3.05, 3.63) is 29.8 Å². The Hall–Kier alpha value is -0.720. The highest BCUT2D eigenvalue weighted by Crippen LogP contribution is 2.17. The first-order chi connectivity index (χ1) is 11.7. The molecule has 1 amide bonds. The van der Waals surface area contributed by atoms with Crippen LogP contribution in [-0.4, -0.2) is 63.7 Å². The predicted molar refractivity (Wildman–Crippen MR) is 122 cm³/mol. The van der Waals surface area contributed by atoms with Gasteiger partial charge in [-0.25, -0.2) is 0 Å². The number of carbonyl (C=O) groups is 1. The van der Waals surface area contributed by atoms with E-state index in [0.29, 0.717) is 6.42 Å². The van der Waals surface area contributed by atoms with E-state index in [9.17, 15) is 4.79 Å². The molecule has 0 bridgehead atoms. The van der Waals surface area contributed by atoms with Gasteiger partial charge in [-0.05, 0) is 57.6 Å². The Morgan fingerprint density at radius 3 is 2.37 bits per heavy atom. The molecule has 1 aliphatic rings. The van der Waals surface area contributed by atoms with Crippen LogP contribution in [0.25, 0.3) is 0 Å². The molecule has 1 saturated heterocycles. The summed E-state index contributed by atoms with van der Waals surface area (Å²) in [6.07, 6.45) is 2.56. The Balaban J connectivity index is 0. The molecule has 0 aromatic heterocycles. The van der Waals surface area contributed by atoms with Crippen molar-refractivity contribution in [3.8, 4) is 0 Å². The van der Waals surface area contributed by atoms with Crippen LogP contribution < -0.4 is 15.5 Å². The standard InChI is InChI=1S/C19H32N4O.3ClH/c1-17-6-3-7-18(16-17)23-14-12-22(13-15-23)11-5-10-21-19(24)8-4-9-20-2;;;/h3,6-7,16,20H,4-5,8-15H2,1-2H3,(H,21,24);3*1H. The number of benzene rings is 1. The predicted octanol–water partition coefficient (Wildman–Crippen LogP) is 2.89. The van der Waals surface area contributed by atoms with Crippen molar-refractivity contribution in [1.29, 1.82) is 0 Å². The minimum Gasteiger partial charge on any atom is -0.369 e. The number of nitrogens with zero attached hydrogens (tertiary/aromatic N) is 2. The molecular weight excluding hydrogens is 407 g/mol. The average molecular weight is 442 g/mol. The SMILES string of the molecule is CNCCCC(=O)NCCCN1CCN(c2cccc(C)c2)CC1.Cl.Cl.Cl. The number of hydrogen-bond donors (Lipinski definition) is 2. The number of amides is 1. The van der Waals surface area contributed by atoms with Crippen molar-refractivity contribution >= 4 is 48.8 Å². The second kappa shape index (κ2) is 16.3. The highest BCUT2D eigenvalue weighted by Gasteiger charge is 2.16. The van der Waals surface area contributed by atoms with Crippen LogP contribution in [0.4, 0.5) is 5.69 Å². The van der Waals surface area contributed by atoms with Crippen LogP contribution in [-0.2, 0) is 4.79 Å². The number of carbonyl (C=O) groups excluding carboxylic acids is 1. The molecular formula is C19H35Cl3N4O. The summed E-state index contributed by atoms with van der Waals surface area (Å²) in [7, 11) is 1.91. The fourth-order valence-corrected chi connectivity index (χ4v) is 3.10. The fourth-order valence-electron chi connectivity index (χ4n) is 3.10. The average Bonchev–Trinajstić information content (AvgIpc) is 2.59. The quantitative estimate of drug-likeness (QED) is 0.579. The maximum atomic E-state index is 11.6. The van der Waals surface area contributed by atoms with E-state index in [2.05, 4.69) is 51.6 Å². The molecule has 8 heteroatoms. The summed E-state index contributed by atoms with van der Waals surface area (Å²) in [6, 6.07) is 8.74. The van der Waals surface area contributed by atoms with Gasteiger partial charge in [-0.15, -0.1) is 37.2 Å². The molecule has 0 spiro atoms. The van der Waals surface area contributed by atoms with Gasteiger partial charge in [-0.1, -0.05) is 12.1 Å². The summed E-state index contributed by atoms with van der Waals surface area (Å²) in [5, 5.41) is 6.08. The number of piperazine rings is 1. The van der Waals surface area contributed by atoms with Gasteiger partial charge in [0.1, 0.15) is 0 Å². The van der Waals surface area contributed by atoms with Gasteiger partial charge in [0, 0.05) is 44.8 Å². The normalized spacial score (nSPS) is 13.8. The van der Waals surface area contributed by atoms with E-state index in [0.717, 1.165) is 58.7 Å². The van der Waals surface area contributed by atoms with Crippen LogP contribution in [0.2, 0.25) is 0 Å². The lowest BCUT2D eigenvalue weighted by atomic mass is 10.2. The Kier molecular flexibility index (Phi) is 17.2. The van der Waals surface area contributed by atoms with Crippen molar-refractivity contribution in [2.75, 3.05) is 57.8 Å². The summed E-state index contributed by atoms with van der Waals surface area (Å²) in [6.45, 7) is 9.27. The number of anilines is 1. The van der Waals surface area contributed by atoms with Crippen LogP contribution >= 0.6 is 37.2 Å². The molecule has 27 heavy (non-hydrogen) atoms.